The van der Waals surface area contributed by atoms with E-state index in [-0.39, 0.29) is 16.5 Å². The van der Waals surface area contributed by atoms with Gasteiger partial charge in [0.05, 0.1) is 5.69 Å². The van der Waals surface area contributed by atoms with Gasteiger partial charge in [0.1, 0.15) is 10.7 Å². The van der Waals surface area contributed by atoms with E-state index in [2.05, 4.69) is 27.9 Å². The SMILES string of the molecule is CC(=O)c1ccc(NC2=C(Cl)C(=O)N(c3ccc(I)cc3)C2=O)cc1. The molecule has 2 aromatic rings. The summed E-state index contributed by atoms with van der Waals surface area (Å²) in [6.07, 6.45) is 0. The molecule has 3 rings (SSSR count). The number of halogens is 2. The van der Waals surface area contributed by atoms with Crippen LogP contribution in [0.4, 0.5) is 11.4 Å². The van der Waals surface area contributed by atoms with Crippen molar-refractivity contribution in [1.82, 2.24) is 0 Å². The number of ketones is 1. The number of anilines is 2. The van der Waals surface area contributed by atoms with E-state index in [9.17, 15) is 14.4 Å². The normalized spacial score (nSPS) is 14.3. The van der Waals surface area contributed by atoms with Gasteiger partial charge >= 0.3 is 0 Å². The first kappa shape index (κ1) is 17.6. The van der Waals surface area contributed by atoms with Crippen molar-refractivity contribution in [3.05, 3.63) is 68.4 Å². The van der Waals surface area contributed by atoms with Crippen molar-refractivity contribution in [2.75, 3.05) is 10.2 Å². The van der Waals surface area contributed by atoms with Crippen LogP contribution >= 0.6 is 34.2 Å². The molecule has 5 nitrogen and oxygen atoms in total. The minimum absolute atomic E-state index is 0.0146. The summed E-state index contributed by atoms with van der Waals surface area (Å²) in [7, 11) is 0. The molecule has 0 atom stereocenters. The van der Waals surface area contributed by atoms with Crippen molar-refractivity contribution in [3.8, 4) is 0 Å². The number of rotatable bonds is 4. The van der Waals surface area contributed by atoms with Crippen molar-refractivity contribution in [2.24, 2.45) is 0 Å². The number of nitrogens with zero attached hydrogens (tertiary/aromatic N) is 1. The molecule has 1 N–H and O–H groups in total. The summed E-state index contributed by atoms with van der Waals surface area (Å²) < 4.78 is 0.989. The van der Waals surface area contributed by atoms with Crippen molar-refractivity contribution in [1.29, 1.82) is 0 Å². The molecule has 0 unspecified atom stereocenters. The van der Waals surface area contributed by atoms with Gasteiger partial charge in [-0.3, -0.25) is 14.4 Å². The van der Waals surface area contributed by atoms with E-state index in [4.69, 9.17) is 11.6 Å². The van der Waals surface area contributed by atoms with E-state index < -0.39 is 11.8 Å². The topological polar surface area (TPSA) is 66.5 Å². The Balaban J connectivity index is 1.86. The van der Waals surface area contributed by atoms with E-state index in [1.807, 2.05) is 0 Å². The van der Waals surface area contributed by atoms with E-state index in [1.165, 1.54) is 6.92 Å². The summed E-state index contributed by atoms with van der Waals surface area (Å²) in [5, 5.41) is 2.70. The first-order chi connectivity index (χ1) is 11.9. The molecule has 0 aromatic heterocycles. The Morgan fingerprint density at radius 3 is 2.16 bits per heavy atom. The Morgan fingerprint density at radius 1 is 1.00 bits per heavy atom. The molecule has 0 saturated carbocycles. The van der Waals surface area contributed by atoms with Gasteiger partial charge in [0.2, 0.25) is 0 Å². The summed E-state index contributed by atoms with van der Waals surface area (Å²) in [5.41, 5.74) is 1.59. The lowest BCUT2D eigenvalue weighted by atomic mass is 10.1. The summed E-state index contributed by atoms with van der Waals surface area (Å²) in [6, 6.07) is 13.6. The van der Waals surface area contributed by atoms with E-state index in [0.29, 0.717) is 16.9 Å². The molecule has 1 aliphatic rings. The Hall–Kier alpha value is -2.19. The van der Waals surface area contributed by atoms with Gasteiger partial charge in [-0.2, -0.15) is 0 Å². The van der Waals surface area contributed by atoms with Crippen molar-refractivity contribution >= 4 is 63.2 Å². The van der Waals surface area contributed by atoms with Crippen LogP contribution in [0.3, 0.4) is 0 Å². The van der Waals surface area contributed by atoms with E-state index >= 15 is 0 Å². The molecule has 7 heteroatoms. The maximum atomic E-state index is 12.6. The Bertz CT molecular complexity index is 905. The number of imide groups is 1. The van der Waals surface area contributed by atoms with Crippen LogP contribution in [-0.2, 0) is 9.59 Å². The third kappa shape index (κ3) is 3.45. The monoisotopic (exact) mass is 466 g/mol. The van der Waals surface area contributed by atoms with Gasteiger partial charge in [0.15, 0.2) is 5.78 Å². The number of hydrogen-bond donors (Lipinski definition) is 1. The summed E-state index contributed by atoms with van der Waals surface area (Å²) in [5.74, 6) is -1.15. The van der Waals surface area contributed by atoms with Gasteiger partial charge in [-0.1, -0.05) is 11.6 Å². The number of amides is 2. The number of carbonyl (C=O) groups excluding carboxylic acids is 3. The molecule has 0 radical (unpaired) electrons. The summed E-state index contributed by atoms with van der Waals surface area (Å²) in [6.45, 7) is 1.47. The van der Waals surface area contributed by atoms with Crippen LogP contribution in [0.25, 0.3) is 0 Å². The zero-order valence-electron chi connectivity index (χ0n) is 13.0. The first-order valence-corrected chi connectivity index (χ1v) is 8.76. The fourth-order valence-electron chi connectivity index (χ4n) is 2.37. The molecule has 2 amide bonds. The number of nitrogens with one attached hydrogen (secondary N) is 1. The maximum Gasteiger partial charge on any atom is 0.283 e. The van der Waals surface area contributed by atoms with Gasteiger partial charge in [0, 0.05) is 14.8 Å². The second-order valence-electron chi connectivity index (χ2n) is 5.37. The van der Waals surface area contributed by atoms with Crippen LogP contribution in [0.1, 0.15) is 17.3 Å². The smallest absolute Gasteiger partial charge is 0.283 e. The molecule has 0 fully saturated rings. The summed E-state index contributed by atoms with van der Waals surface area (Å²) in [4.78, 5) is 37.4. The molecule has 1 heterocycles. The molecule has 25 heavy (non-hydrogen) atoms. The standard InChI is InChI=1S/C18H12ClIN2O3/c1-10(23)11-2-6-13(7-3-11)21-16-15(19)17(24)22(18(16)25)14-8-4-12(20)5-9-14/h2-9,21H,1H3. The maximum absolute atomic E-state index is 12.6. The highest BCUT2D eigenvalue weighted by Gasteiger charge is 2.38. The van der Waals surface area contributed by atoms with Gasteiger partial charge < -0.3 is 5.32 Å². The highest BCUT2D eigenvalue weighted by atomic mass is 127. The highest BCUT2D eigenvalue weighted by Crippen LogP contribution is 2.30. The minimum Gasteiger partial charge on any atom is -0.350 e. The minimum atomic E-state index is -0.573. The van der Waals surface area contributed by atoms with Crippen molar-refractivity contribution in [2.45, 2.75) is 6.92 Å². The lowest BCUT2D eigenvalue weighted by molar-refractivity contribution is -0.120. The number of Topliss-reactive ketones (excluding diaryl/α,β-unsaturated/α-hetero) is 1. The predicted molar refractivity (Wildman–Crippen MR) is 105 cm³/mol. The largest absolute Gasteiger partial charge is 0.350 e. The lowest BCUT2D eigenvalue weighted by Crippen LogP contribution is -2.32. The van der Waals surface area contributed by atoms with Crippen molar-refractivity contribution < 1.29 is 14.4 Å². The second-order valence-corrected chi connectivity index (χ2v) is 6.99. The van der Waals surface area contributed by atoms with Gasteiger partial charge in [-0.15, -0.1) is 0 Å². The lowest BCUT2D eigenvalue weighted by Gasteiger charge is -2.15. The second kappa shape index (κ2) is 6.97. The molecule has 126 valence electrons. The fraction of sp³-hybridized carbons (Fsp3) is 0.0556. The fourth-order valence-corrected chi connectivity index (χ4v) is 2.94. The number of benzene rings is 2. The van der Waals surface area contributed by atoms with Crippen LogP contribution in [0.2, 0.25) is 0 Å². The zero-order valence-corrected chi connectivity index (χ0v) is 16.0. The number of carbonyl (C=O) groups is 3. The Kier molecular flexibility index (Phi) is 4.91. The highest BCUT2D eigenvalue weighted by molar-refractivity contribution is 14.1. The predicted octanol–water partition coefficient (Wildman–Crippen LogP) is 3.93. The molecule has 1 aliphatic heterocycles. The van der Waals surface area contributed by atoms with Crippen LogP contribution in [0.15, 0.2) is 59.3 Å². The van der Waals surface area contributed by atoms with Crippen LogP contribution in [0.5, 0.6) is 0 Å². The molecular formula is C18H12ClIN2O3. The molecule has 0 aliphatic carbocycles. The van der Waals surface area contributed by atoms with E-state index in [0.717, 1.165) is 8.47 Å². The van der Waals surface area contributed by atoms with Crippen LogP contribution in [-0.4, -0.2) is 17.6 Å². The van der Waals surface area contributed by atoms with Gasteiger partial charge in [0.25, 0.3) is 11.8 Å². The van der Waals surface area contributed by atoms with Crippen molar-refractivity contribution in [3.63, 3.8) is 0 Å². The molecule has 0 bridgehead atoms. The average Bonchev–Trinajstić information content (AvgIpc) is 2.80. The number of hydrogen-bond acceptors (Lipinski definition) is 4. The third-order valence-electron chi connectivity index (χ3n) is 3.67. The molecular weight excluding hydrogens is 455 g/mol. The Morgan fingerprint density at radius 2 is 1.60 bits per heavy atom. The summed E-state index contributed by atoms with van der Waals surface area (Å²) >= 11 is 8.22. The van der Waals surface area contributed by atoms with Gasteiger partial charge in [-0.05, 0) is 78.0 Å². The van der Waals surface area contributed by atoms with Gasteiger partial charge in [-0.25, -0.2) is 4.90 Å². The Labute approximate surface area is 162 Å². The third-order valence-corrected chi connectivity index (χ3v) is 4.74. The molecule has 0 spiro atoms. The quantitative estimate of drug-likeness (QED) is 0.421. The molecule has 2 aromatic carbocycles. The molecule has 0 saturated heterocycles. The first-order valence-electron chi connectivity index (χ1n) is 7.30. The average molecular weight is 467 g/mol. The van der Waals surface area contributed by atoms with Crippen LogP contribution in [0, 0.1) is 3.57 Å². The van der Waals surface area contributed by atoms with E-state index in [1.54, 1.807) is 48.5 Å². The van der Waals surface area contributed by atoms with Crippen LogP contribution < -0.4 is 10.2 Å². The zero-order chi connectivity index (χ0) is 18.1.